The second-order valence-electron chi connectivity index (χ2n) is 5.40. The molecular weight excluding hydrogens is 248 g/mol. The average molecular weight is 270 g/mol. The molecule has 1 aromatic heterocycles. The van der Waals surface area contributed by atoms with Gasteiger partial charge in [0.15, 0.2) is 0 Å². The molecule has 106 valence electrons. The van der Waals surface area contributed by atoms with E-state index in [0.717, 1.165) is 37.1 Å². The van der Waals surface area contributed by atoms with Crippen molar-refractivity contribution in [3.8, 4) is 5.75 Å². The number of benzene rings is 1. The van der Waals surface area contributed by atoms with Gasteiger partial charge in [0, 0.05) is 23.3 Å². The smallest absolute Gasteiger partial charge is 0.145 e. The number of rotatable bonds is 4. The van der Waals surface area contributed by atoms with Crippen molar-refractivity contribution in [2.45, 2.75) is 39.0 Å². The predicted octanol–water partition coefficient (Wildman–Crippen LogP) is 3.94. The highest BCUT2D eigenvalue weighted by molar-refractivity contribution is 5.96. The van der Waals surface area contributed by atoms with Crippen LogP contribution in [-0.4, -0.2) is 18.6 Å². The van der Waals surface area contributed by atoms with Gasteiger partial charge in [-0.2, -0.15) is 0 Å². The minimum atomic E-state index is 0.871. The number of anilines is 1. The lowest BCUT2D eigenvalue weighted by Gasteiger charge is -2.22. The minimum absolute atomic E-state index is 0.871. The zero-order valence-corrected chi connectivity index (χ0v) is 12.3. The van der Waals surface area contributed by atoms with E-state index in [-0.39, 0.29) is 0 Å². The Labute approximate surface area is 120 Å². The topological polar surface area (TPSA) is 34.2 Å². The number of pyridine rings is 1. The SMILES string of the molecule is CCCNc1c2c(nc3c(OC)cccc13)CCCC2. The highest BCUT2D eigenvalue weighted by Crippen LogP contribution is 2.36. The first-order valence-electron chi connectivity index (χ1n) is 7.57. The maximum atomic E-state index is 5.49. The first kappa shape index (κ1) is 13.2. The summed E-state index contributed by atoms with van der Waals surface area (Å²) in [4.78, 5) is 4.89. The molecule has 0 bridgehead atoms. The Kier molecular flexibility index (Phi) is 3.77. The Morgan fingerprint density at radius 2 is 2.10 bits per heavy atom. The molecule has 0 radical (unpaired) electrons. The van der Waals surface area contributed by atoms with Crippen LogP contribution in [0.4, 0.5) is 5.69 Å². The van der Waals surface area contributed by atoms with Crippen LogP contribution in [0.3, 0.4) is 0 Å². The molecule has 2 aromatic rings. The number of aromatic nitrogens is 1. The van der Waals surface area contributed by atoms with E-state index in [0.29, 0.717) is 0 Å². The summed E-state index contributed by atoms with van der Waals surface area (Å²) in [5.41, 5.74) is 4.96. The molecule has 1 heterocycles. The fourth-order valence-corrected chi connectivity index (χ4v) is 3.04. The first-order chi connectivity index (χ1) is 9.85. The molecule has 20 heavy (non-hydrogen) atoms. The number of fused-ring (bicyclic) bond motifs is 2. The first-order valence-corrected chi connectivity index (χ1v) is 7.57. The number of para-hydroxylation sites is 1. The predicted molar refractivity (Wildman–Crippen MR) is 83.7 cm³/mol. The van der Waals surface area contributed by atoms with Crippen molar-refractivity contribution in [2.75, 3.05) is 19.0 Å². The second-order valence-corrected chi connectivity index (χ2v) is 5.40. The van der Waals surface area contributed by atoms with Gasteiger partial charge in [-0.15, -0.1) is 0 Å². The summed E-state index contributed by atoms with van der Waals surface area (Å²) in [6, 6.07) is 6.20. The van der Waals surface area contributed by atoms with Gasteiger partial charge in [-0.25, -0.2) is 4.98 Å². The minimum Gasteiger partial charge on any atom is -0.494 e. The fraction of sp³-hybridized carbons (Fsp3) is 0.471. The normalized spacial score (nSPS) is 14.1. The third-order valence-corrected chi connectivity index (χ3v) is 4.03. The van der Waals surface area contributed by atoms with E-state index in [2.05, 4.69) is 24.4 Å². The summed E-state index contributed by atoms with van der Waals surface area (Å²) in [6.07, 6.45) is 5.87. The number of nitrogens with zero attached hydrogens (tertiary/aromatic N) is 1. The molecule has 0 spiro atoms. The van der Waals surface area contributed by atoms with Crippen molar-refractivity contribution < 1.29 is 4.74 Å². The van der Waals surface area contributed by atoms with Crippen molar-refractivity contribution in [2.24, 2.45) is 0 Å². The van der Waals surface area contributed by atoms with E-state index >= 15 is 0 Å². The van der Waals surface area contributed by atoms with Gasteiger partial charge < -0.3 is 10.1 Å². The van der Waals surface area contributed by atoms with E-state index < -0.39 is 0 Å². The Morgan fingerprint density at radius 3 is 2.90 bits per heavy atom. The van der Waals surface area contributed by atoms with Gasteiger partial charge in [0.1, 0.15) is 11.3 Å². The van der Waals surface area contributed by atoms with Crippen molar-refractivity contribution in [3.05, 3.63) is 29.5 Å². The molecule has 0 amide bonds. The maximum absolute atomic E-state index is 5.49. The number of methoxy groups -OCH3 is 1. The van der Waals surface area contributed by atoms with Crippen LogP contribution in [0.25, 0.3) is 10.9 Å². The monoisotopic (exact) mass is 270 g/mol. The summed E-state index contributed by atoms with van der Waals surface area (Å²) < 4.78 is 5.49. The molecule has 0 aliphatic heterocycles. The molecule has 0 atom stereocenters. The Bertz CT molecular complexity index is 622. The van der Waals surface area contributed by atoms with Crippen molar-refractivity contribution in [1.29, 1.82) is 0 Å². The van der Waals surface area contributed by atoms with E-state index in [4.69, 9.17) is 9.72 Å². The van der Waals surface area contributed by atoms with Crippen LogP contribution in [0.1, 0.15) is 37.4 Å². The summed E-state index contributed by atoms with van der Waals surface area (Å²) in [5.74, 6) is 0.871. The molecule has 0 saturated heterocycles. The van der Waals surface area contributed by atoms with Crippen LogP contribution < -0.4 is 10.1 Å². The summed E-state index contributed by atoms with van der Waals surface area (Å²) in [6.45, 7) is 3.20. The zero-order valence-electron chi connectivity index (χ0n) is 12.3. The average Bonchev–Trinajstić information content (AvgIpc) is 2.51. The number of nitrogens with one attached hydrogen (secondary N) is 1. The molecular formula is C17H22N2O. The van der Waals surface area contributed by atoms with Gasteiger partial charge in [0.2, 0.25) is 0 Å². The summed E-state index contributed by atoms with van der Waals surface area (Å²) >= 11 is 0. The van der Waals surface area contributed by atoms with Gasteiger partial charge in [-0.05, 0) is 43.7 Å². The van der Waals surface area contributed by atoms with E-state index in [9.17, 15) is 0 Å². The van der Waals surface area contributed by atoms with Crippen molar-refractivity contribution in [3.63, 3.8) is 0 Å². The molecule has 1 aromatic carbocycles. The fourth-order valence-electron chi connectivity index (χ4n) is 3.04. The van der Waals surface area contributed by atoms with E-state index in [1.54, 1.807) is 7.11 Å². The lowest BCUT2D eigenvalue weighted by molar-refractivity contribution is 0.418. The third-order valence-electron chi connectivity index (χ3n) is 4.03. The number of hydrogen-bond acceptors (Lipinski definition) is 3. The highest BCUT2D eigenvalue weighted by Gasteiger charge is 2.19. The van der Waals surface area contributed by atoms with Crippen LogP contribution in [0, 0.1) is 0 Å². The molecule has 0 unspecified atom stereocenters. The van der Waals surface area contributed by atoms with Crippen LogP contribution in [-0.2, 0) is 12.8 Å². The van der Waals surface area contributed by atoms with Gasteiger partial charge in [0.05, 0.1) is 7.11 Å². The van der Waals surface area contributed by atoms with Crippen LogP contribution in [0.15, 0.2) is 18.2 Å². The van der Waals surface area contributed by atoms with Crippen molar-refractivity contribution >= 4 is 16.6 Å². The van der Waals surface area contributed by atoms with E-state index in [1.165, 1.54) is 35.2 Å². The molecule has 1 aliphatic carbocycles. The number of hydrogen-bond donors (Lipinski definition) is 1. The molecule has 0 fully saturated rings. The standard InChI is InChI=1S/C17H22N2O/c1-3-11-18-16-12-7-4-5-9-14(12)19-17-13(16)8-6-10-15(17)20-2/h6,8,10H,3-5,7,9,11H2,1-2H3,(H,18,19). The molecule has 3 rings (SSSR count). The molecule has 3 nitrogen and oxygen atoms in total. The molecule has 3 heteroatoms. The quantitative estimate of drug-likeness (QED) is 0.913. The van der Waals surface area contributed by atoms with Gasteiger partial charge in [0.25, 0.3) is 0 Å². The number of aryl methyl sites for hydroxylation is 1. The highest BCUT2D eigenvalue weighted by atomic mass is 16.5. The third kappa shape index (κ3) is 2.21. The molecule has 0 saturated carbocycles. The van der Waals surface area contributed by atoms with Crippen LogP contribution in [0.2, 0.25) is 0 Å². The molecule has 1 aliphatic rings. The summed E-state index contributed by atoms with van der Waals surface area (Å²) in [5, 5.41) is 4.81. The zero-order chi connectivity index (χ0) is 13.9. The van der Waals surface area contributed by atoms with Crippen molar-refractivity contribution in [1.82, 2.24) is 4.98 Å². The van der Waals surface area contributed by atoms with Crippen LogP contribution in [0.5, 0.6) is 5.75 Å². The molecule has 1 N–H and O–H groups in total. The van der Waals surface area contributed by atoms with Gasteiger partial charge in [-0.1, -0.05) is 19.1 Å². The lowest BCUT2D eigenvalue weighted by atomic mass is 9.92. The van der Waals surface area contributed by atoms with Crippen LogP contribution >= 0.6 is 0 Å². The second kappa shape index (κ2) is 5.70. The Balaban J connectivity index is 2.24. The Hall–Kier alpha value is -1.77. The maximum Gasteiger partial charge on any atom is 0.145 e. The van der Waals surface area contributed by atoms with Gasteiger partial charge in [-0.3, -0.25) is 0 Å². The van der Waals surface area contributed by atoms with Gasteiger partial charge >= 0.3 is 0 Å². The Morgan fingerprint density at radius 1 is 1.25 bits per heavy atom. The lowest BCUT2D eigenvalue weighted by Crippen LogP contribution is -2.12. The number of ether oxygens (including phenoxy) is 1. The summed E-state index contributed by atoms with van der Waals surface area (Å²) in [7, 11) is 1.72. The largest absolute Gasteiger partial charge is 0.494 e. The van der Waals surface area contributed by atoms with E-state index in [1.807, 2.05) is 6.07 Å².